The van der Waals surface area contributed by atoms with Crippen molar-refractivity contribution in [2.45, 2.75) is 4.90 Å². The van der Waals surface area contributed by atoms with Crippen molar-refractivity contribution in [3.8, 4) is 5.75 Å². The molecule has 0 aromatic heterocycles. The van der Waals surface area contributed by atoms with Crippen molar-refractivity contribution >= 4 is 27.0 Å². The highest BCUT2D eigenvalue weighted by Gasteiger charge is 2.12. The fourth-order valence-electron chi connectivity index (χ4n) is 0.806. The van der Waals surface area contributed by atoms with Crippen LogP contribution in [0.5, 0.6) is 5.75 Å². The monoisotopic (exact) mass is 268 g/mol. The van der Waals surface area contributed by atoms with Gasteiger partial charge in [0.2, 0.25) is 0 Å². The Labute approximate surface area is 85.3 Å². The number of methoxy groups -OCH3 is 1. The zero-order chi connectivity index (χ0) is 10.0. The van der Waals surface area contributed by atoms with Gasteiger partial charge in [-0.2, -0.15) is 0 Å². The molecule has 13 heavy (non-hydrogen) atoms. The van der Waals surface area contributed by atoms with Crippen molar-refractivity contribution in [1.82, 2.24) is 0 Å². The topological polar surface area (TPSA) is 46.5 Å². The average Bonchev–Trinajstić information content (AvgIpc) is 2.08. The van der Waals surface area contributed by atoms with Crippen LogP contribution in [0.25, 0.3) is 0 Å². The summed E-state index contributed by atoms with van der Waals surface area (Å²) < 4.78 is 37.3. The molecule has 0 aliphatic carbocycles. The maximum atomic E-state index is 12.9. The molecule has 6 heteroatoms. The minimum atomic E-state index is -2.24. The highest BCUT2D eigenvalue weighted by Crippen LogP contribution is 2.28. The molecule has 0 aliphatic heterocycles. The molecule has 72 valence electrons. The molecule has 0 saturated heterocycles. The Morgan fingerprint density at radius 3 is 2.69 bits per heavy atom. The second-order valence-corrected chi connectivity index (χ2v) is 3.96. The van der Waals surface area contributed by atoms with E-state index in [0.29, 0.717) is 0 Å². The van der Waals surface area contributed by atoms with Crippen LogP contribution in [0.3, 0.4) is 0 Å². The van der Waals surface area contributed by atoms with E-state index in [1.165, 1.54) is 13.2 Å². The second-order valence-electron chi connectivity index (χ2n) is 2.17. The molecular weight excluding hydrogens is 263 g/mol. The third-order valence-corrected chi connectivity index (χ3v) is 2.70. The summed E-state index contributed by atoms with van der Waals surface area (Å²) in [5.41, 5.74) is 0. The van der Waals surface area contributed by atoms with Gasteiger partial charge in [0.25, 0.3) is 0 Å². The van der Waals surface area contributed by atoms with Gasteiger partial charge in [-0.05, 0) is 28.1 Å². The van der Waals surface area contributed by atoms with Crippen LogP contribution in [0.4, 0.5) is 4.39 Å². The molecule has 1 aromatic rings. The Morgan fingerprint density at radius 1 is 1.62 bits per heavy atom. The smallest absolute Gasteiger partial charge is 0.190 e. The fraction of sp³-hybridized carbons (Fsp3) is 0.143. The first kappa shape index (κ1) is 10.6. The maximum Gasteiger partial charge on any atom is 0.190 e. The van der Waals surface area contributed by atoms with Gasteiger partial charge in [-0.15, -0.1) is 0 Å². The van der Waals surface area contributed by atoms with Crippen molar-refractivity contribution < 1.29 is 17.9 Å². The van der Waals surface area contributed by atoms with Gasteiger partial charge in [-0.1, -0.05) is 0 Å². The summed E-state index contributed by atoms with van der Waals surface area (Å²) in [6.45, 7) is 0. The lowest BCUT2D eigenvalue weighted by atomic mass is 10.3. The number of rotatable bonds is 2. The van der Waals surface area contributed by atoms with Crippen molar-refractivity contribution in [3.05, 3.63) is 22.4 Å². The van der Waals surface area contributed by atoms with Crippen molar-refractivity contribution in [2.24, 2.45) is 0 Å². The zero-order valence-corrected chi connectivity index (χ0v) is 8.99. The molecule has 0 bridgehead atoms. The highest BCUT2D eigenvalue weighted by atomic mass is 79.9. The van der Waals surface area contributed by atoms with E-state index in [4.69, 9.17) is 9.29 Å². The molecule has 0 saturated carbocycles. The molecule has 3 nitrogen and oxygen atoms in total. The molecule has 0 spiro atoms. The Bertz CT molecular complexity index is 356. The summed E-state index contributed by atoms with van der Waals surface area (Å²) in [6, 6.07) is 2.26. The predicted molar refractivity (Wildman–Crippen MR) is 49.7 cm³/mol. The van der Waals surface area contributed by atoms with E-state index in [2.05, 4.69) is 15.9 Å². The summed E-state index contributed by atoms with van der Waals surface area (Å²) in [5.74, 6) is -0.424. The number of ether oxygens (including phenoxy) is 1. The molecule has 0 fully saturated rings. The van der Waals surface area contributed by atoms with E-state index in [0.717, 1.165) is 6.07 Å². The quantitative estimate of drug-likeness (QED) is 0.837. The van der Waals surface area contributed by atoms with Gasteiger partial charge in [-0.25, -0.2) is 8.60 Å². The third-order valence-electron chi connectivity index (χ3n) is 1.39. The van der Waals surface area contributed by atoms with Crippen LogP contribution in [-0.4, -0.2) is 15.9 Å². The van der Waals surface area contributed by atoms with Crippen LogP contribution < -0.4 is 4.74 Å². The van der Waals surface area contributed by atoms with Gasteiger partial charge in [0, 0.05) is 0 Å². The minimum absolute atomic E-state index is 0.0804. The largest absolute Gasteiger partial charge is 0.495 e. The van der Waals surface area contributed by atoms with Gasteiger partial charge < -0.3 is 9.29 Å². The van der Waals surface area contributed by atoms with Gasteiger partial charge in [0.05, 0.1) is 11.6 Å². The Balaban J connectivity index is 3.33. The zero-order valence-electron chi connectivity index (χ0n) is 6.58. The Hall–Kier alpha value is -0.460. The van der Waals surface area contributed by atoms with E-state index in [1.54, 1.807) is 0 Å². The van der Waals surface area contributed by atoms with Crippen LogP contribution in [0.2, 0.25) is 0 Å². The molecule has 0 amide bonds. The molecule has 0 aliphatic rings. The molecule has 0 heterocycles. The molecule has 1 atom stereocenters. The minimum Gasteiger partial charge on any atom is -0.495 e. The molecule has 1 unspecified atom stereocenters. The first-order valence-corrected chi connectivity index (χ1v) is 5.10. The first-order chi connectivity index (χ1) is 6.06. The van der Waals surface area contributed by atoms with Gasteiger partial charge >= 0.3 is 0 Å². The molecule has 1 rings (SSSR count). The van der Waals surface area contributed by atoms with Gasteiger partial charge in [-0.3, -0.25) is 0 Å². The van der Waals surface area contributed by atoms with Gasteiger partial charge in [0.15, 0.2) is 11.1 Å². The Morgan fingerprint density at radius 2 is 2.23 bits per heavy atom. The summed E-state index contributed by atoms with van der Waals surface area (Å²) in [5, 5.41) is 0. The first-order valence-electron chi connectivity index (χ1n) is 3.20. The van der Waals surface area contributed by atoms with Crippen LogP contribution >= 0.6 is 15.9 Å². The van der Waals surface area contributed by atoms with Crippen LogP contribution in [-0.2, 0) is 11.1 Å². The molecule has 1 aromatic carbocycles. The molecular formula is C7H6BrFO3S. The summed E-state index contributed by atoms with van der Waals surface area (Å²) in [7, 11) is 1.34. The number of benzene rings is 1. The van der Waals surface area contributed by atoms with E-state index < -0.39 is 16.9 Å². The third kappa shape index (κ3) is 2.26. The standard InChI is InChI=1S/C7H6BrFO3S/c1-12-6-2-4(8)5(9)3-7(6)13(10)11/h2-3H,1H3,(H,10,11). The SMILES string of the molecule is COc1cc(Br)c(F)cc1S(=O)O. The van der Waals surface area contributed by atoms with E-state index in [9.17, 15) is 8.60 Å². The van der Waals surface area contributed by atoms with Crippen molar-refractivity contribution in [2.75, 3.05) is 7.11 Å². The van der Waals surface area contributed by atoms with E-state index in [1.807, 2.05) is 0 Å². The number of hydrogen-bond donors (Lipinski definition) is 1. The van der Waals surface area contributed by atoms with Crippen molar-refractivity contribution in [3.63, 3.8) is 0 Å². The normalized spacial score (nSPS) is 12.6. The lowest BCUT2D eigenvalue weighted by molar-refractivity contribution is 0.399. The fourth-order valence-corrected chi connectivity index (χ4v) is 1.65. The lowest BCUT2D eigenvalue weighted by Gasteiger charge is -2.05. The molecule has 0 radical (unpaired) electrons. The van der Waals surface area contributed by atoms with Crippen molar-refractivity contribution in [1.29, 1.82) is 0 Å². The predicted octanol–water partition coefficient (Wildman–Crippen LogP) is 2.18. The van der Waals surface area contributed by atoms with Gasteiger partial charge in [0.1, 0.15) is 16.5 Å². The number of halogens is 2. The summed E-state index contributed by atoms with van der Waals surface area (Å²) in [4.78, 5) is -0.0804. The van der Waals surface area contributed by atoms with Crippen LogP contribution in [0.15, 0.2) is 21.5 Å². The van der Waals surface area contributed by atoms with Crippen LogP contribution in [0.1, 0.15) is 0 Å². The average molecular weight is 269 g/mol. The van der Waals surface area contributed by atoms with E-state index >= 15 is 0 Å². The van der Waals surface area contributed by atoms with E-state index in [-0.39, 0.29) is 15.1 Å². The lowest BCUT2D eigenvalue weighted by Crippen LogP contribution is -1.96. The van der Waals surface area contributed by atoms with Crippen LogP contribution in [0, 0.1) is 5.82 Å². The second kappa shape index (κ2) is 4.17. The highest BCUT2D eigenvalue weighted by molar-refractivity contribution is 9.10. The number of hydrogen-bond acceptors (Lipinski definition) is 2. The summed E-state index contributed by atoms with van der Waals surface area (Å²) in [6.07, 6.45) is 0. The Kier molecular flexibility index (Phi) is 3.40. The maximum absolute atomic E-state index is 12.9. The molecule has 1 N–H and O–H groups in total. The summed E-state index contributed by atoms with van der Waals surface area (Å²) >= 11 is 0.690.